The zero-order valence-electron chi connectivity index (χ0n) is 13.8. The van der Waals surface area contributed by atoms with Gasteiger partial charge in [-0.2, -0.15) is 0 Å². The number of rotatable bonds is 6. The molecule has 1 amide bonds. The van der Waals surface area contributed by atoms with Gasteiger partial charge < -0.3 is 10.2 Å². The maximum Gasteiger partial charge on any atom is 0.255 e. The molecule has 24 heavy (non-hydrogen) atoms. The molecule has 0 unspecified atom stereocenters. The van der Waals surface area contributed by atoms with Gasteiger partial charge in [0.2, 0.25) is 5.91 Å². The summed E-state index contributed by atoms with van der Waals surface area (Å²) in [6, 6.07) is 2.10. The van der Waals surface area contributed by atoms with E-state index in [9.17, 15) is 13.6 Å². The second kappa shape index (κ2) is 7.85. The van der Waals surface area contributed by atoms with Crippen molar-refractivity contribution in [3.05, 3.63) is 18.1 Å². The maximum absolute atomic E-state index is 12.1. The summed E-state index contributed by atoms with van der Waals surface area (Å²) in [5, 5.41) is 2.28. The molecule has 7 heteroatoms. The van der Waals surface area contributed by atoms with E-state index in [2.05, 4.69) is 26.3 Å². The second-order valence-electron chi connectivity index (χ2n) is 6.76. The van der Waals surface area contributed by atoms with Crippen molar-refractivity contribution in [2.75, 3.05) is 24.5 Å². The van der Waals surface area contributed by atoms with E-state index in [1.165, 1.54) is 19.3 Å². The zero-order chi connectivity index (χ0) is 16.9. The van der Waals surface area contributed by atoms with Crippen molar-refractivity contribution in [2.24, 2.45) is 5.92 Å². The first kappa shape index (κ1) is 17.0. The largest absolute Gasteiger partial charge is 0.356 e. The molecular weight excluding hydrogens is 314 g/mol. The van der Waals surface area contributed by atoms with Crippen LogP contribution in [0.4, 0.5) is 14.6 Å². The third-order valence-electron chi connectivity index (χ3n) is 5.06. The topological polar surface area (TPSA) is 58.1 Å². The van der Waals surface area contributed by atoms with Crippen molar-refractivity contribution in [3.63, 3.8) is 0 Å². The van der Waals surface area contributed by atoms with Gasteiger partial charge in [0.15, 0.2) is 0 Å². The molecule has 0 radical (unpaired) electrons. The summed E-state index contributed by atoms with van der Waals surface area (Å²) in [5.41, 5.74) is 1.14. The van der Waals surface area contributed by atoms with Crippen LogP contribution in [0.1, 0.15) is 50.1 Å². The molecule has 0 spiro atoms. The number of hydrogen-bond acceptors (Lipinski definition) is 4. The monoisotopic (exact) mass is 338 g/mol. The van der Waals surface area contributed by atoms with Crippen molar-refractivity contribution in [2.45, 2.75) is 50.9 Å². The standard InChI is InChI=1S/C17H24F2N4O/c18-15(19)10-20-17(24)8-12-4-6-23(7-5-12)16-9-14(21-11-22-16)13-2-1-3-13/h9,11-13,15H,1-8,10H2,(H,20,24). The van der Waals surface area contributed by atoms with Crippen LogP contribution < -0.4 is 10.2 Å². The van der Waals surface area contributed by atoms with E-state index in [0.29, 0.717) is 12.3 Å². The Morgan fingerprint density at radius 2 is 2.00 bits per heavy atom. The quantitative estimate of drug-likeness (QED) is 0.866. The summed E-state index contributed by atoms with van der Waals surface area (Å²) in [5.74, 6) is 1.53. The molecule has 1 N–H and O–H groups in total. The molecular formula is C17H24F2N4O. The van der Waals surface area contributed by atoms with Gasteiger partial charge in [0.25, 0.3) is 6.43 Å². The van der Waals surface area contributed by atoms with Crippen LogP contribution in [0.2, 0.25) is 0 Å². The smallest absolute Gasteiger partial charge is 0.255 e. The van der Waals surface area contributed by atoms with Crippen LogP contribution in [0.15, 0.2) is 12.4 Å². The van der Waals surface area contributed by atoms with Gasteiger partial charge in [0, 0.05) is 37.2 Å². The molecule has 132 valence electrons. The first-order chi connectivity index (χ1) is 11.6. The van der Waals surface area contributed by atoms with Crippen molar-refractivity contribution in [3.8, 4) is 0 Å². The predicted molar refractivity (Wildman–Crippen MR) is 87.2 cm³/mol. The highest BCUT2D eigenvalue weighted by Crippen LogP contribution is 2.36. The normalized spacial score (nSPS) is 19.4. The fraction of sp³-hybridized carbons (Fsp3) is 0.706. The first-order valence-electron chi connectivity index (χ1n) is 8.73. The number of amides is 1. The highest BCUT2D eigenvalue weighted by Gasteiger charge is 2.25. The molecule has 1 aromatic rings. The van der Waals surface area contributed by atoms with Gasteiger partial charge in [-0.1, -0.05) is 6.42 Å². The number of carbonyl (C=O) groups is 1. The molecule has 1 aliphatic carbocycles. The third kappa shape index (κ3) is 4.39. The Labute approximate surface area is 140 Å². The molecule has 2 aliphatic rings. The molecule has 1 aromatic heterocycles. The van der Waals surface area contributed by atoms with Gasteiger partial charge >= 0.3 is 0 Å². The Hall–Kier alpha value is -1.79. The molecule has 2 heterocycles. The Morgan fingerprint density at radius 3 is 2.62 bits per heavy atom. The number of hydrogen-bond donors (Lipinski definition) is 1. The molecule has 0 bridgehead atoms. The number of aromatic nitrogens is 2. The highest BCUT2D eigenvalue weighted by molar-refractivity contribution is 5.76. The average molecular weight is 338 g/mol. The van der Waals surface area contributed by atoms with Gasteiger partial charge in [0.05, 0.1) is 6.54 Å². The van der Waals surface area contributed by atoms with Crippen molar-refractivity contribution in [1.29, 1.82) is 0 Å². The van der Waals surface area contributed by atoms with E-state index >= 15 is 0 Å². The zero-order valence-corrected chi connectivity index (χ0v) is 13.8. The maximum atomic E-state index is 12.1. The summed E-state index contributed by atoms with van der Waals surface area (Å²) in [6.07, 6.45) is 4.96. The fourth-order valence-electron chi connectivity index (χ4n) is 3.35. The summed E-state index contributed by atoms with van der Waals surface area (Å²) < 4.78 is 24.2. The predicted octanol–water partition coefficient (Wildman–Crippen LogP) is 2.73. The van der Waals surface area contributed by atoms with Gasteiger partial charge in [-0.05, 0) is 31.6 Å². The molecule has 0 aromatic carbocycles. The van der Waals surface area contributed by atoms with Crippen LogP contribution in [0.5, 0.6) is 0 Å². The van der Waals surface area contributed by atoms with E-state index in [4.69, 9.17) is 0 Å². The number of nitrogens with one attached hydrogen (secondary N) is 1. The minimum atomic E-state index is -2.49. The van der Waals surface area contributed by atoms with Crippen LogP contribution in [-0.2, 0) is 4.79 Å². The summed E-state index contributed by atoms with van der Waals surface area (Å²) in [4.78, 5) is 22.7. The number of alkyl halides is 2. The van der Waals surface area contributed by atoms with Crippen LogP contribution in [0.3, 0.4) is 0 Å². The van der Waals surface area contributed by atoms with Gasteiger partial charge in [0.1, 0.15) is 12.1 Å². The number of carbonyl (C=O) groups excluding carboxylic acids is 1. The Bertz CT molecular complexity index is 557. The van der Waals surface area contributed by atoms with E-state index < -0.39 is 13.0 Å². The molecule has 2 fully saturated rings. The number of anilines is 1. The molecule has 1 aliphatic heterocycles. The average Bonchev–Trinajstić information content (AvgIpc) is 2.52. The van der Waals surface area contributed by atoms with Crippen molar-refractivity contribution in [1.82, 2.24) is 15.3 Å². The van der Waals surface area contributed by atoms with Crippen LogP contribution >= 0.6 is 0 Å². The first-order valence-corrected chi connectivity index (χ1v) is 8.73. The van der Waals surface area contributed by atoms with Crippen LogP contribution in [0.25, 0.3) is 0 Å². The lowest BCUT2D eigenvalue weighted by Crippen LogP contribution is -2.37. The van der Waals surface area contributed by atoms with E-state index in [1.807, 2.05) is 0 Å². The second-order valence-corrected chi connectivity index (χ2v) is 6.76. The third-order valence-corrected chi connectivity index (χ3v) is 5.06. The minimum Gasteiger partial charge on any atom is -0.356 e. The minimum absolute atomic E-state index is 0.256. The van der Waals surface area contributed by atoms with Crippen molar-refractivity contribution >= 4 is 11.7 Å². The number of piperidine rings is 1. The Morgan fingerprint density at radius 1 is 1.25 bits per heavy atom. The van der Waals surface area contributed by atoms with Gasteiger partial charge in [-0.3, -0.25) is 4.79 Å². The summed E-state index contributed by atoms with van der Waals surface area (Å²) >= 11 is 0. The van der Waals surface area contributed by atoms with E-state index in [1.54, 1.807) is 6.33 Å². The lowest BCUT2D eigenvalue weighted by Gasteiger charge is -2.33. The summed E-state index contributed by atoms with van der Waals surface area (Å²) in [6.45, 7) is 1.13. The fourth-order valence-corrected chi connectivity index (χ4v) is 3.35. The lowest BCUT2D eigenvalue weighted by molar-refractivity contribution is -0.122. The Kier molecular flexibility index (Phi) is 5.58. The number of nitrogens with zero attached hydrogens (tertiary/aromatic N) is 3. The highest BCUT2D eigenvalue weighted by atomic mass is 19.3. The van der Waals surface area contributed by atoms with E-state index in [-0.39, 0.29) is 11.8 Å². The SMILES string of the molecule is O=C(CC1CCN(c2cc(C3CCC3)ncn2)CC1)NCC(F)F. The van der Waals surface area contributed by atoms with Crippen LogP contribution in [0, 0.1) is 5.92 Å². The molecule has 0 atom stereocenters. The van der Waals surface area contributed by atoms with Crippen molar-refractivity contribution < 1.29 is 13.6 Å². The molecule has 5 nitrogen and oxygen atoms in total. The van der Waals surface area contributed by atoms with Crippen LogP contribution in [-0.4, -0.2) is 41.9 Å². The molecule has 3 rings (SSSR count). The molecule has 1 saturated heterocycles. The van der Waals surface area contributed by atoms with Gasteiger partial charge in [-0.15, -0.1) is 0 Å². The molecule has 1 saturated carbocycles. The number of halogens is 2. The Balaban J connectivity index is 1.47. The van der Waals surface area contributed by atoms with Gasteiger partial charge in [-0.25, -0.2) is 18.7 Å². The van der Waals surface area contributed by atoms with E-state index in [0.717, 1.165) is 37.4 Å². The summed E-state index contributed by atoms with van der Waals surface area (Å²) in [7, 11) is 0. The lowest BCUT2D eigenvalue weighted by atomic mass is 9.83.